The highest BCUT2D eigenvalue weighted by Crippen LogP contribution is 2.29. The Morgan fingerprint density at radius 3 is 2.63 bits per heavy atom. The van der Waals surface area contributed by atoms with Gasteiger partial charge in [0.25, 0.3) is 5.56 Å². The maximum Gasteiger partial charge on any atom is 0.261 e. The van der Waals surface area contributed by atoms with E-state index in [0.717, 1.165) is 24.5 Å². The summed E-state index contributed by atoms with van der Waals surface area (Å²) >= 11 is 0. The molecule has 0 saturated carbocycles. The number of hydrogen-bond donors (Lipinski definition) is 0. The minimum atomic E-state index is -0.0335. The van der Waals surface area contributed by atoms with E-state index in [2.05, 4.69) is 15.9 Å². The molecule has 0 N–H and O–H groups in total. The summed E-state index contributed by atoms with van der Waals surface area (Å²) in [6.07, 6.45) is 2.40. The Morgan fingerprint density at radius 1 is 1.07 bits per heavy atom. The van der Waals surface area contributed by atoms with E-state index in [0.29, 0.717) is 28.5 Å². The van der Waals surface area contributed by atoms with Crippen LogP contribution in [0.3, 0.4) is 0 Å². The Kier molecular flexibility index (Phi) is 3.82. The van der Waals surface area contributed by atoms with E-state index in [4.69, 9.17) is 9.40 Å². The molecule has 0 amide bonds. The van der Waals surface area contributed by atoms with Gasteiger partial charge in [-0.15, -0.1) is 0 Å². The lowest BCUT2D eigenvalue weighted by Crippen LogP contribution is -2.38. The zero-order chi connectivity index (χ0) is 18.5. The predicted octanol–water partition coefficient (Wildman–Crippen LogP) is 2.79. The average molecular weight is 364 g/mol. The van der Waals surface area contributed by atoms with Crippen molar-refractivity contribution in [3.05, 3.63) is 46.4 Å². The molecule has 1 aromatic carbocycles. The zero-order valence-corrected chi connectivity index (χ0v) is 15.8. The third-order valence-electron chi connectivity index (χ3n) is 6.01. The van der Waals surface area contributed by atoms with Crippen LogP contribution in [0.2, 0.25) is 0 Å². The molecular formula is C21H24N4O2. The third-order valence-corrected chi connectivity index (χ3v) is 6.01. The number of anilines is 1. The van der Waals surface area contributed by atoms with E-state index < -0.39 is 0 Å². The number of furan rings is 1. The van der Waals surface area contributed by atoms with Gasteiger partial charge in [0.15, 0.2) is 11.6 Å². The molecule has 5 heterocycles. The molecule has 0 aliphatic carbocycles. The molecule has 140 valence electrons. The minimum Gasteiger partial charge on any atom is -0.458 e. The molecule has 0 spiro atoms. The van der Waals surface area contributed by atoms with Gasteiger partial charge in [0.1, 0.15) is 5.76 Å². The van der Waals surface area contributed by atoms with Crippen molar-refractivity contribution in [3.8, 4) is 11.6 Å². The molecule has 6 heteroatoms. The molecule has 3 aliphatic heterocycles. The number of rotatable bonds is 2. The summed E-state index contributed by atoms with van der Waals surface area (Å²) in [5, 5.41) is 0.668. The summed E-state index contributed by atoms with van der Waals surface area (Å²) in [5.74, 6) is 1.99. The van der Waals surface area contributed by atoms with Crippen molar-refractivity contribution in [3.63, 3.8) is 0 Å². The molecule has 3 saturated heterocycles. The van der Waals surface area contributed by atoms with Crippen LogP contribution in [0.5, 0.6) is 0 Å². The van der Waals surface area contributed by atoms with Gasteiger partial charge >= 0.3 is 0 Å². The zero-order valence-electron chi connectivity index (χ0n) is 15.8. The molecule has 0 atom stereocenters. The van der Waals surface area contributed by atoms with Crippen molar-refractivity contribution in [2.24, 2.45) is 7.05 Å². The molecule has 3 aromatic rings. The Balaban J connectivity index is 1.60. The van der Waals surface area contributed by atoms with Gasteiger partial charge < -0.3 is 14.2 Å². The van der Waals surface area contributed by atoms with Gasteiger partial charge in [0.2, 0.25) is 0 Å². The standard InChI is InChI=1S/C21H24N4O2/c1-14-3-6-19(27-14)20-22-18-5-4-16(13-17(18)21(26)23(20)2)25-12-11-24-9-7-15(25)8-10-24/h3-6,13,15H,7-12H2,1-2H3. The number of aryl methyl sites for hydroxylation is 1. The quantitative estimate of drug-likeness (QED) is 0.700. The fourth-order valence-electron chi connectivity index (χ4n) is 4.44. The number of hydrogen-bond acceptors (Lipinski definition) is 5. The summed E-state index contributed by atoms with van der Waals surface area (Å²) in [6, 6.07) is 10.4. The van der Waals surface area contributed by atoms with E-state index in [-0.39, 0.29) is 5.56 Å². The number of benzene rings is 1. The lowest BCUT2D eigenvalue weighted by molar-refractivity contribution is 0.250. The maximum absolute atomic E-state index is 13.0. The topological polar surface area (TPSA) is 54.5 Å². The van der Waals surface area contributed by atoms with Crippen LogP contribution < -0.4 is 10.5 Å². The number of aromatic nitrogens is 2. The minimum absolute atomic E-state index is 0.0335. The Hall–Kier alpha value is -2.60. The van der Waals surface area contributed by atoms with Gasteiger partial charge in [-0.2, -0.15) is 0 Å². The summed E-state index contributed by atoms with van der Waals surface area (Å²) in [4.78, 5) is 22.8. The van der Waals surface area contributed by atoms with Crippen LogP contribution >= 0.6 is 0 Å². The van der Waals surface area contributed by atoms with Crippen molar-refractivity contribution < 1.29 is 4.42 Å². The highest BCUT2D eigenvalue weighted by Gasteiger charge is 2.29. The summed E-state index contributed by atoms with van der Waals surface area (Å²) in [5.41, 5.74) is 1.82. The Morgan fingerprint density at radius 2 is 1.89 bits per heavy atom. The average Bonchev–Trinajstić information content (AvgIpc) is 2.90. The van der Waals surface area contributed by atoms with Crippen molar-refractivity contribution in [1.82, 2.24) is 14.5 Å². The van der Waals surface area contributed by atoms with E-state index in [9.17, 15) is 4.79 Å². The number of nitrogens with zero attached hydrogens (tertiary/aromatic N) is 4. The summed E-state index contributed by atoms with van der Waals surface area (Å²) in [7, 11) is 1.76. The van der Waals surface area contributed by atoms with Crippen LogP contribution in [-0.4, -0.2) is 46.7 Å². The second-order valence-electron chi connectivity index (χ2n) is 7.68. The van der Waals surface area contributed by atoms with E-state index in [1.54, 1.807) is 11.6 Å². The van der Waals surface area contributed by atoms with Gasteiger partial charge in [0, 0.05) is 45.0 Å². The number of piperidine rings is 1. The van der Waals surface area contributed by atoms with Crippen molar-refractivity contribution in [1.29, 1.82) is 0 Å². The predicted molar refractivity (Wildman–Crippen MR) is 106 cm³/mol. The first-order valence-corrected chi connectivity index (χ1v) is 9.67. The van der Waals surface area contributed by atoms with Crippen LogP contribution in [0.15, 0.2) is 39.5 Å². The fraction of sp³-hybridized carbons (Fsp3) is 0.429. The van der Waals surface area contributed by atoms with Crippen molar-refractivity contribution in [2.45, 2.75) is 25.8 Å². The molecule has 0 unspecified atom stereocenters. The molecule has 2 aromatic heterocycles. The van der Waals surface area contributed by atoms with Gasteiger partial charge in [-0.05, 0) is 50.1 Å². The monoisotopic (exact) mass is 364 g/mol. The first-order chi connectivity index (χ1) is 13.1. The maximum atomic E-state index is 13.0. The largest absolute Gasteiger partial charge is 0.458 e. The van der Waals surface area contributed by atoms with Gasteiger partial charge in [-0.25, -0.2) is 4.98 Å². The van der Waals surface area contributed by atoms with E-state index in [1.165, 1.54) is 25.9 Å². The molecule has 6 nitrogen and oxygen atoms in total. The molecular weight excluding hydrogens is 340 g/mol. The smallest absolute Gasteiger partial charge is 0.261 e. The molecule has 27 heavy (non-hydrogen) atoms. The second kappa shape index (κ2) is 6.23. The van der Waals surface area contributed by atoms with Crippen LogP contribution in [0, 0.1) is 6.92 Å². The fourth-order valence-corrected chi connectivity index (χ4v) is 4.44. The molecule has 3 aliphatic rings. The van der Waals surface area contributed by atoms with Gasteiger partial charge in [0.05, 0.1) is 10.9 Å². The third kappa shape index (κ3) is 2.75. The molecule has 6 rings (SSSR count). The highest BCUT2D eigenvalue weighted by molar-refractivity contribution is 5.83. The normalized spacial score (nSPS) is 22.4. The van der Waals surface area contributed by atoms with Crippen LogP contribution in [0.25, 0.3) is 22.5 Å². The van der Waals surface area contributed by atoms with Gasteiger partial charge in [-0.3, -0.25) is 9.36 Å². The second-order valence-corrected chi connectivity index (χ2v) is 7.68. The first-order valence-electron chi connectivity index (χ1n) is 9.67. The van der Waals surface area contributed by atoms with Crippen molar-refractivity contribution in [2.75, 3.05) is 31.1 Å². The summed E-state index contributed by atoms with van der Waals surface area (Å²) in [6.45, 7) is 6.38. The van der Waals surface area contributed by atoms with Gasteiger partial charge in [-0.1, -0.05) is 0 Å². The SMILES string of the molecule is Cc1ccc(-c2nc3ccc(N4CCN5CCC4CC5)cc3c(=O)n2C)o1. The molecule has 3 fully saturated rings. The van der Waals surface area contributed by atoms with Crippen LogP contribution in [0.1, 0.15) is 18.6 Å². The first kappa shape index (κ1) is 16.6. The Labute approximate surface area is 158 Å². The molecule has 2 bridgehead atoms. The Bertz CT molecular complexity index is 1060. The van der Waals surface area contributed by atoms with E-state index >= 15 is 0 Å². The molecule has 0 radical (unpaired) electrons. The highest BCUT2D eigenvalue weighted by atomic mass is 16.3. The van der Waals surface area contributed by atoms with E-state index in [1.807, 2.05) is 31.2 Å². The summed E-state index contributed by atoms with van der Waals surface area (Å²) < 4.78 is 7.27. The van der Waals surface area contributed by atoms with Crippen LogP contribution in [-0.2, 0) is 7.05 Å². The van der Waals surface area contributed by atoms with Crippen molar-refractivity contribution >= 4 is 16.6 Å². The lowest BCUT2D eigenvalue weighted by atomic mass is 10.0. The lowest BCUT2D eigenvalue weighted by Gasteiger charge is -2.33. The van der Waals surface area contributed by atoms with Crippen LogP contribution in [0.4, 0.5) is 5.69 Å². The number of fused-ring (bicyclic) bond motifs is 5.